The second kappa shape index (κ2) is 11.7. The van der Waals surface area contributed by atoms with E-state index in [1.165, 1.54) is 5.56 Å². The van der Waals surface area contributed by atoms with Crippen molar-refractivity contribution in [3.8, 4) is 0 Å². The Bertz CT molecular complexity index is 669. The molecule has 0 spiro atoms. The molecule has 0 saturated carbocycles. The van der Waals surface area contributed by atoms with E-state index in [0.717, 1.165) is 16.7 Å². The highest BCUT2D eigenvalue weighted by atomic mass is 127. The fourth-order valence-corrected chi connectivity index (χ4v) is 2.08. The minimum atomic E-state index is 0. The number of nitrogens with zero attached hydrogens (tertiary/aromatic N) is 1. The summed E-state index contributed by atoms with van der Waals surface area (Å²) in [7, 11) is 0. The summed E-state index contributed by atoms with van der Waals surface area (Å²) in [5.41, 5.74) is 10.3. The maximum absolute atomic E-state index is 5.80. The monoisotopic (exact) mass is 451 g/mol. The number of nitrogens with two attached hydrogens (primary N) is 1. The predicted molar refractivity (Wildman–Crippen MR) is 115 cm³/mol. The van der Waals surface area contributed by atoms with Gasteiger partial charge in [0.25, 0.3) is 0 Å². The maximum atomic E-state index is 5.80. The van der Waals surface area contributed by atoms with Gasteiger partial charge < -0.3 is 15.8 Å². The molecule has 0 bridgehead atoms. The Morgan fingerprint density at radius 1 is 1.00 bits per heavy atom. The molecule has 0 aliphatic carbocycles. The van der Waals surface area contributed by atoms with E-state index in [1.54, 1.807) is 0 Å². The molecule has 0 aliphatic rings. The second-order valence-electron chi connectivity index (χ2n) is 5.81. The van der Waals surface area contributed by atoms with Crippen LogP contribution >= 0.6 is 24.0 Å². The highest BCUT2D eigenvalue weighted by Crippen LogP contribution is 2.09. The third kappa shape index (κ3) is 8.69. The van der Waals surface area contributed by atoms with Gasteiger partial charge in [0.05, 0.1) is 19.8 Å². The summed E-state index contributed by atoms with van der Waals surface area (Å²) in [4.78, 5) is 4.31. The highest BCUT2D eigenvalue weighted by molar-refractivity contribution is 14.0. The maximum Gasteiger partial charge on any atom is 0.189 e. The molecule has 25 heavy (non-hydrogen) atoms. The predicted octanol–water partition coefficient (Wildman–Crippen LogP) is 4.00. The van der Waals surface area contributed by atoms with Gasteiger partial charge in [-0.25, -0.2) is 4.99 Å². The summed E-state index contributed by atoms with van der Waals surface area (Å²) in [5.74, 6) is 0.438. The lowest BCUT2D eigenvalue weighted by molar-refractivity contribution is 0.107. The van der Waals surface area contributed by atoms with Crippen LogP contribution in [0, 0.1) is 0 Å². The molecule has 0 atom stereocenters. The van der Waals surface area contributed by atoms with E-state index in [9.17, 15) is 0 Å². The summed E-state index contributed by atoms with van der Waals surface area (Å²) < 4.78 is 5.73. The van der Waals surface area contributed by atoms with Gasteiger partial charge in [0, 0.05) is 6.54 Å². The first-order chi connectivity index (χ1) is 11.6. The van der Waals surface area contributed by atoms with Crippen LogP contribution in [0.4, 0.5) is 0 Å². The van der Waals surface area contributed by atoms with Gasteiger partial charge in [-0.1, -0.05) is 66.7 Å². The Morgan fingerprint density at radius 3 is 2.16 bits per heavy atom. The molecule has 0 amide bonds. The molecule has 2 rings (SSSR count). The van der Waals surface area contributed by atoms with Gasteiger partial charge in [-0.15, -0.1) is 24.0 Å². The van der Waals surface area contributed by atoms with Crippen LogP contribution in [-0.4, -0.2) is 12.5 Å². The molecule has 2 aromatic carbocycles. The van der Waals surface area contributed by atoms with Gasteiger partial charge in [-0.2, -0.15) is 0 Å². The van der Waals surface area contributed by atoms with Crippen molar-refractivity contribution in [1.29, 1.82) is 0 Å². The van der Waals surface area contributed by atoms with E-state index < -0.39 is 0 Å². The van der Waals surface area contributed by atoms with Crippen LogP contribution in [0.3, 0.4) is 0 Å². The molecule has 2 aromatic rings. The lowest BCUT2D eigenvalue weighted by atomic mass is 10.1. The van der Waals surface area contributed by atoms with Gasteiger partial charge in [-0.05, 0) is 23.6 Å². The number of benzene rings is 2. The SMILES string of the molecule is C=C(C)CNC(N)=NCc1ccc(COCc2ccccc2)cc1.I. The van der Waals surface area contributed by atoms with Gasteiger partial charge in [0.1, 0.15) is 0 Å². The minimum absolute atomic E-state index is 0. The smallest absolute Gasteiger partial charge is 0.189 e. The van der Waals surface area contributed by atoms with Crippen molar-refractivity contribution >= 4 is 29.9 Å². The number of rotatable bonds is 8. The van der Waals surface area contributed by atoms with Crippen LogP contribution in [0.1, 0.15) is 23.6 Å². The summed E-state index contributed by atoms with van der Waals surface area (Å²) in [5, 5.41) is 3.02. The van der Waals surface area contributed by atoms with Gasteiger partial charge in [-0.3, -0.25) is 0 Å². The van der Waals surface area contributed by atoms with Crippen molar-refractivity contribution in [2.24, 2.45) is 10.7 Å². The van der Waals surface area contributed by atoms with Gasteiger partial charge in [0.2, 0.25) is 0 Å². The van der Waals surface area contributed by atoms with E-state index >= 15 is 0 Å². The van der Waals surface area contributed by atoms with E-state index in [0.29, 0.717) is 32.3 Å². The molecular weight excluding hydrogens is 425 g/mol. The highest BCUT2D eigenvalue weighted by Gasteiger charge is 1.97. The Balaban J connectivity index is 0.00000312. The number of guanidine groups is 1. The van der Waals surface area contributed by atoms with Crippen molar-refractivity contribution < 1.29 is 4.74 Å². The molecule has 0 fully saturated rings. The number of hydrogen-bond donors (Lipinski definition) is 2. The van der Waals surface area contributed by atoms with E-state index in [2.05, 4.69) is 53.3 Å². The number of halogens is 1. The molecule has 0 aliphatic heterocycles. The van der Waals surface area contributed by atoms with Crippen molar-refractivity contribution in [3.05, 3.63) is 83.4 Å². The summed E-state index contributed by atoms with van der Waals surface area (Å²) >= 11 is 0. The number of nitrogens with one attached hydrogen (secondary N) is 1. The molecule has 3 N–H and O–H groups in total. The van der Waals surface area contributed by atoms with Crippen LogP contribution in [0.15, 0.2) is 71.7 Å². The topological polar surface area (TPSA) is 59.6 Å². The first-order valence-electron chi connectivity index (χ1n) is 8.01. The third-order valence-electron chi connectivity index (χ3n) is 3.41. The van der Waals surface area contributed by atoms with Gasteiger partial charge in [0.15, 0.2) is 5.96 Å². The average Bonchev–Trinajstić information content (AvgIpc) is 2.60. The molecule has 5 heteroatoms. The van der Waals surface area contributed by atoms with Crippen molar-refractivity contribution in [2.75, 3.05) is 6.54 Å². The average molecular weight is 451 g/mol. The zero-order chi connectivity index (χ0) is 17.2. The molecule has 0 aromatic heterocycles. The zero-order valence-corrected chi connectivity index (χ0v) is 16.9. The first-order valence-corrected chi connectivity index (χ1v) is 8.01. The normalized spacial score (nSPS) is 10.8. The molecule has 4 nitrogen and oxygen atoms in total. The van der Waals surface area contributed by atoms with E-state index in [-0.39, 0.29) is 24.0 Å². The van der Waals surface area contributed by atoms with Crippen LogP contribution < -0.4 is 11.1 Å². The van der Waals surface area contributed by atoms with Crippen molar-refractivity contribution in [3.63, 3.8) is 0 Å². The number of hydrogen-bond acceptors (Lipinski definition) is 2. The lowest BCUT2D eigenvalue weighted by Crippen LogP contribution is -2.32. The molecular formula is C20H26IN3O. The summed E-state index contributed by atoms with van der Waals surface area (Å²) in [6.07, 6.45) is 0. The third-order valence-corrected chi connectivity index (χ3v) is 3.41. The van der Waals surface area contributed by atoms with E-state index in [4.69, 9.17) is 10.5 Å². The summed E-state index contributed by atoms with van der Waals surface area (Å²) in [6.45, 7) is 8.18. The molecule has 0 saturated heterocycles. The zero-order valence-electron chi connectivity index (χ0n) is 14.6. The fraction of sp³-hybridized carbons (Fsp3) is 0.250. The van der Waals surface area contributed by atoms with Crippen molar-refractivity contribution in [2.45, 2.75) is 26.7 Å². The Morgan fingerprint density at radius 2 is 1.56 bits per heavy atom. The standard InChI is InChI=1S/C20H25N3O.HI/c1-16(2)12-22-20(21)23-13-17-8-10-19(11-9-17)15-24-14-18-6-4-3-5-7-18;/h3-11H,1,12-15H2,2H3,(H3,21,22,23);1H. The fourth-order valence-electron chi connectivity index (χ4n) is 2.08. The van der Waals surface area contributed by atoms with Crippen molar-refractivity contribution in [1.82, 2.24) is 5.32 Å². The first kappa shape index (κ1) is 21.2. The van der Waals surface area contributed by atoms with Gasteiger partial charge >= 0.3 is 0 Å². The molecule has 0 unspecified atom stereocenters. The van der Waals surface area contributed by atoms with Crippen LogP contribution in [0.25, 0.3) is 0 Å². The molecule has 134 valence electrons. The second-order valence-corrected chi connectivity index (χ2v) is 5.81. The van der Waals surface area contributed by atoms with Crippen LogP contribution in [0.2, 0.25) is 0 Å². The Labute approximate surface area is 167 Å². The number of ether oxygens (including phenoxy) is 1. The Hall–Kier alpha value is -1.86. The lowest BCUT2D eigenvalue weighted by Gasteiger charge is -2.06. The largest absolute Gasteiger partial charge is 0.372 e. The van der Waals surface area contributed by atoms with E-state index in [1.807, 2.05) is 25.1 Å². The quantitative estimate of drug-likeness (QED) is 0.276. The molecule has 0 radical (unpaired) electrons. The summed E-state index contributed by atoms with van der Waals surface area (Å²) in [6, 6.07) is 18.4. The van der Waals surface area contributed by atoms with Crippen LogP contribution in [-0.2, 0) is 24.5 Å². The molecule has 0 heterocycles. The Kier molecular flexibility index (Phi) is 9.87. The van der Waals surface area contributed by atoms with Crippen LogP contribution in [0.5, 0.6) is 0 Å². The minimum Gasteiger partial charge on any atom is -0.372 e. The number of aliphatic imine (C=N–C) groups is 1.